The zero-order valence-electron chi connectivity index (χ0n) is 14.5. The third-order valence-electron chi connectivity index (χ3n) is 4.57. The van der Waals surface area contributed by atoms with Crippen LogP contribution in [-0.4, -0.2) is 18.4 Å². The van der Waals surface area contributed by atoms with Gasteiger partial charge in [0, 0.05) is 0 Å². The van der Waals surface area contributed by atoms with Gasteiger partial charge in [-0.15, -0.1) is 0 Å². The van der Waals surface area contributed by atoms with Crippen LogP contribution in [-0.2, 0) is 0 Å². The van der Waals surface area contributed by atoms with Crippen LogP contribution in [0.5, 0.6) is 0 Å². The molecule has 0 aromatic heterocycles. The molecule has 1 heteroatoms. The van der Waals surface area contributed by atoms with Crippen LogP contribution in [0.3, 0.4) is 0 Å². The van der Waals surface area contributed by atoms with E-state index in [1.54, 1.807) is 13.3 Å². The molecule has 0 fully saturated rings. The van der Waals surface area contributed by atoms with Gasteiger partial charge in [-0.05, 0) is 0 Å². The average molecular weight is 373 g/mol. The minimum absolute atomic E-state index is 0.798. The fourth-order valence-electron chi connectivity index (χ4n) is 3.61. The predicted octanol–water partition coefficient (Wildman–Crippen LogP) is 6.98. The Morgan fingerprint density at radius 2 is 1.21 bits per heavy atom. The van der Waals surface area contributed by atoms with Crippen LogP contribution in [0.15, 0.2) is 9.67 Å². The molecule has 0 aromatic rings. The number of rotatable bonds is 11. The van der Waals surface area contributed by atoms with Crippen LogP contribution in [0.25, 0.3) is 0 Å². The molecule has 0 aliphatic carbocycles. The number of allylic oxidation sites excluding steroid dienone is 2. The predicted molar refractivity (Wildman–Crippen MR) is 93.5 cm³/mol. The van der Waals surface area contributed by atoms with Crippen molar-refractivity contribution >= 4 is 18.4 Å². The van der Waals surface area contributed by atoms with Crippen molar-refractivity contribution in [3.8, 4) is 0 Å². The average Bonchev–Trinajstić information content (AvgIpc) is 2.40. The Kier molecular flexibility index (Phi) is 11.5. The van der Waals surface area contributed by atoms with Crippen molar-refractivity contribution in [1.82, 2.24) is 0 Å². The monoisotopic (exact) mass is 374 g/mol. The molecule has 0 aliphatic heterocycles. The number of unbranched alkanes of at least 4 members (excludes halogenated alkanes) is 3. The van der Waals surface area contributed by atoms with Crippen LogP contribution in [0.2, 0.25) is 13.3 Å². The Hall–Kier alpha value is 0.539. The normalized spacial score (nSPS) is 13.3. The molecule has 0 atom stereocenters. The van der Waals surface area contributed by atoms with Crippen LogP contribution in [0.1, 0.15) is 80.1 Å². The van der Waals surface area contributed by atoms with Gasteiger partial charge in [0.25, 0.3) is 0 Å². The third-order valence-corrected chi connectivity index (χ3v) is 21.8. The quantitative estimate of drug-likeness (QED) is 0.343. The molecule has 0 unspecified atom stereocenters. The van der Waals surface area contributed by atoms with Crippen molar-refractivity contribution in [3.05, 3.63) is 9.67 Å². The van der Waals surface area contributed by atoms with Crippen molar-refractivity contribution < 1.29 is 0 Å². The summed E-state index contributed by atoms with van der Waals surface area (Å²) in [7, 11) is 0. The topological polar surface area (TPSA) is 0 Å². The fraction of sp³-hybridized carbons (Fsp3) is 0.889. The molecule has 0 spiro atoms. The summed E-state index contributed by atoms with van der Waals surface area (Å²) >= 11 is -2.06. The minimum atomic E-state index is -2.06. The van der Waals surface area contributed by atoms with Gasteiger partial charge in [0.2, 0.25) is 0 Å². The first-order valence-electron chi connectivity index (χ1n) is 8.74. The van der Waals surface area contributed by atoms with E-state index in [9.17, 15) is 0 Å². The molecule has 0 saturated heterocycles. The van der Waals surface area contributed by atoms with Crippen LogP contribution in [0, 0.1) is 5.92 Å². The Balaban J connectivity index is 5.17. The maximum atomic E-state index is 2.53. The zero-order valence-corrected chi connectivity index (χ0v) is 17.4. The van der Waals surface area contributed by atoms with Gasteiger partial charge in [0.05, 0.1) is 0 Å². The van der Waals surface area contributed by atoms with Gasteiger partial charge in [0.1, 0.15) is 0 Å². The maximum absolute atomic E-state index is 2.53. The summed E-state index contributed by atoms with van der Waals surface area (Å²) < 4.78 is 6.79. The molecule has 114 valence electrons. The Morgan fingerprint density at radius 1 is 0.842 bits per heavy atom. The second kappa shape index (κ2) is 11.2. The van der Waals surface area contributed by atoms with Crippen LogP contribution in [0.4, 0.5) is 0 Å². The van der Waals surface area contributed by atoms with Gasteiger partial charge >= 0.3 is 127 Å². The van der Waals surface area contributed by atoms with E-state index < -0.39 is 18.4 Å². The molecular weight excluding hydrogens is 335 g/mol. The summed E-state index contributed by atoms with van der Waals surface area (Å²) in [6, 6.07) is 0. The van der Waals surface area contributed by atoms with Crippen molar-refractivity contribution in [3.63, 3.8) is 0 Å². The Bertz CT molecular complexity index is 218. The van der Waals surface area contributed by atoms with Crippen LogP contribution < -0.4 is 0 Å². The molecule has 0 saturated carbocycles. The Labute approximate surface area is 127 Å². The molecule has 0 aromatic carbocycles. The summed E-state index contributed by atoms with van der Waals surface area (Å²) in [4.78, 5) is 0. The van der Waals surface area contributed by atoms with Crippen molar-refractivity contribution in [2.45, 2.75) is 93.4 Å². The van der Waals surface area contributed by atoms with E-state index in [1.165, 1.54) is 38.5 Å². The fourth-order valence-corrected chi connectivity index (χ4v) is 22.3. The first-order chi connectivity index (χ1) is 9.07. The summed E-state index contributed by atoms with van der Waals surface area (Å²) in [6.07, 6.45) is 11.1. The summed E-state index contributed by atoms with van der Waals surface area (Å²) in [6.45, 7) is 14.3. The molecule has 0 rings (SSSR count). The van der Waals surface area contributed by atoms with E-state index >= 15 is 0 Å². The van der Waals surface area contributed by atoms with Gasteiger partial charge in [-0.25, -0.2) is 0 Å². The summed E-state index contributed by atoms with van der Waals surface area (Å²) in [5, 5.41) is 0. The molecule has 0 bridgehead atoms. The molecule has 0 amide bonds. The molecule has 0 aliphatic rings. The second-order valence-corrected chi connectivity index (χ2v) is 19.7. The van der Waals surface area contributed by atoms with Gasteiger partial charge in [-0.1, -0.05) is 0 Å². The summed E-state index contributed by atoms with van der Waals surface area (Å²) in [5.41, 5.74) is 0. The molecule has 0 radical (unpaired) electrons. The van der Waals surface area contributed by atoms with Crippen molar-refractivity contribution in [2.24, 2.45) is 5.92 Å². The SMILES string of the molecule is C/C=[C](/C(C)C)[Sn]([CH2]CCC)([CH2]CCC)[CH2]CCC. The van der Waals surface area contributed by atoms with Crippen molar-refractivity contribution in [2.75, 3.05) is 0 Å². The van der Waals surface area contributed by atoms with E-state index in [2.05, 4.69) is 47.6 Å². The third kappa shape index (κ3) is 6.69. The number of hydrogen-bond donors (Lipinski definition) is 0. The summed E-state index contributed by atoms with van der Waals surface area (Å²) in [5.74, 6) is 0.798. The standard InChI is InChI=1S/C6H11.3C4H9.Sn/c1-4-5-6(2)3;3*1-3-4-2;/h4,6H,1-3H3;3*1,3-4H2,2H3;. The second-order valence-electron chi connectivity index (χ2n) is 6.49. The molecular formula is C18H38Sn. The van der Waals surface area contributed by atoms with Crippen LogP contribution >= 0.6 is 0 Å². The molecule has 19 heavy (non-hydrogen) atoms. The van der Waals surface area contributed by atoms with Gasteiger partial charge in [-0.3, -0.25) is 0 Å². The van der Waals surface area contributed by atoms with E-state index in [1.807, 2.05) is 3.59 Å². The molecule has 0 N–H and O–H groups in total. The first-order valence-corrected chi connectivity index (χ1v) is 16.2. The Morgan fingerprint density at radius 3 is 1.42 bits per heavy atom. The van der Waals surface area contributed by atoms with Gasteiger partial charge in [0.15, 0.2) is 0 Å². The van der Waals surface area contributed by atoms with Gasteiger partial charge < -0.3 is 0 Å². The molecule has 0 nitrogen and oxygen atoms in total. The van der Waals surface area contributed by atoms with Crippen molar-refractivity contribution in [1.29, 1.82) is 0 Å². The van der Waals surface area contributed by atoms with E-state index in [4.69, 9.17) is 0 Å². The first kappa shape index (κ1) is 19.5. The van der Waals surface area contributed by atoms with Gasteiger partial charge in [-0.2, -0.15) is 0 Å². The van der Waals surface area contributed by atoms with E-state index in [0.717, 1.165) is 5.92 Å². The van der Waals surface area contributed by atoms with E-state index in [-0.39, 0.29) is 0 Å². The molecule has 0 heterocycles. The van der Waals surface area contributed by atoms with E-state index in [0.29, 0.717) is 0 Å². The number of hydrogen-bond acceptors (Lipinski definition) is 0. The zero-order chi connectivity index (χ0) is 14.7.